The molecule has 16 heavy (non-hydrogen) atoms. The maximum Gasteiger partial charge on any atom is 0.317 e. The number of aliphatic carboxylic acids is 1. The van der Waals surface area contributed by atoms with Crippen LogP contribution < -0.4 is 5.32 Å². The van der Waals surface area contributed by atoms with E-state index < -0.39 is 11.4 Å². The van der Waals surface area contributed by atoms with Crippen LogP contribution in [-0.4, -0.2) is 41.6 Å². The van der Waals surface area contributed by atoms with Crippen LogP contribution in [0.4, 0.5) is 4.79 Å². The molecular weight excluding hydrogens is 208 g/mol. The number of nitrogens with one attached hydrogen (secondary N) is 1. The molecule has 90 valence electrons. The SMILES string of the molecule is CC1(C(=O)O)CCN(C(=O)NCC2CC2)C1. The van der Waals surface area contributed by atoms with Gasteiger partial charge >= 0.3 is 12.0 Å². The van der Waals surface area contributed by atoms with Gasteiger partial charge in [-0.05, 0) is 32.1 Å². The summed E-state index contributed by atoms with van der Waals surface area (Å²) in [7, 11) is 0. The summed E-state index contributed by atoms with van der Waals surface area (Å²) in [5.74, 6) is -0.164. The lowest BCUT2D eigenvalue weighted by Crippen LogP contribution is -2.41. The average molecular weight is 226 g/mol. The van der Waals surface area contributed by atoms with Gasteiger partial charge in [0.05, 0.1) is 5.41 Å². The van der Waals surface area contributed by atoms with Gasteiger partial charge in [0.15, 0.2) is 0 Å². The fourth-order valence-corrected chi connectivity index (χ4v) is 1.97. The number of nitrogens with zero attached hydrogens (tertiary/aromatic N) is 1. The number of hydrogen-bond acceptors (Lipinski definition) is 2. The van der Waals surface area contributed by atoms with Gasteiger partial charge in [-0.3, -0.25) is 4.79 Å². The summed E-state index contributed by atoms with van der Waals surface area (Å²) in [6.07, 6.45) is 2.94. The molecule has 2 aliphatic rings. The van der Waals surface area contributed by atoms with Gasteiger partial charge < -0.3 is 15.3 Å². The van der Waals surface area contributed by atoms with E-state index in [9.17, 15) is 9.59 Å². The van der Waals surface area contributed by atoms with Gasteiger partial charge in [-0.2, -0.15) is 0 Å². The first-order chi connectivity index (χ1) is 7.51. The molecule has 2 amide bonds. The Labute approximate surface area is 94.8 Å². The Morgan fingerprint density at radius 3 is 2.69 bits per heavy atom. The smallest absolute Gasteiger partial charge is 0.317 e. The molecule has 0 radical (unpaired) electrons. The van der Waals surface area contributed by atoms with Crippen LogP contribution in [0.1, 0.15) is 26.2 Å². The minimum atomic E-state index is -0.815. The molecule has 1 heterocycles. The van der Waals surface area contributed by atoms with Gasteiger partial charge in [0, 0.05) is 19.6 Å². The lowest BCUT2D eigenvalue weighted by atomic mass is 9.90. The van der Waals surface area contributed by atoms with E-state index in [2.05, 4.69) is 5.32 Å². The predicted molar refractivity (Wildman–Crippen MR) is 58.1 cm³/mol. The topological polar surface area (TPSA) is 69.6 Å². The van der Waals surface area contributed by atoms with E-state index in [1.807, 2.05) is 0 Å². The third-order valence-electron chi connectivity index (χ3n) is 3.52. The minimum Gasteiger partial charge on any atom is -0.481 e. The quantitative estimate of drug-likeness (QED) is 0.751. The van der Waals surface area contributed by atoms with Crippen LogP contribution in [0.5, 0.6) is 0 Å². The van der Waals surface area contributed by atoms with Crippen LogP contribution in [0.3, 0.4) is 0 Å². The lowest BCUT2D eigenvalue weighted by molar-refractivity contribution is -0.146. The van der Waals surface area contributed by atoms with Crippen molar-refractivity contribution in [3.8, 4) is 0 Å². The second-order valence-corrected chi connectivity index (χ2v) is 5.17. The Balaban J connectivity index is 1.82. The summed E-state index contributed by atoms with van der Waals surface area (Å²) < 4.78 is 0. The van der Waals surface area contributed by atoms with Gasteiger partial charge in [-0.25, -0.2) is 4.79 Å². The van der Waals surface area contributed by atoms with Crippen molar-refractivity contribution in [1.29, 1.82) is 0 Å². The molecule has 5 heteroatoms. The van der Waals surface area contributed by atoms with Crippen molar-refractivity contribution >= 4 is 12.0 Å². The Bertz CT molecular complexity index is 314. The number of urea groups is 1. The number of carbonyl (C=O) groups excluding carboxylic acids is 1. The van der Waals surface area contributed by atoms with Crippen molar-refractivity contribution < 1.29 is 14.7 Å². The zero-order chi connectivity index (χ0) is 11.8. The highest BCUT2D eigenvalue weighted by Gasteiger charge is 2.42. The van der Waals surface area contributed by atoms with Crippen molar-refractivity contribution in [2.75, 3.05) is 19.6 Å². The molecule has 0 aromatic rings. The summed E-state index contributed by atoms with van der Waals surface area (Å²) in [6, 6.07) is -0.114. The highest BCUT2D eigenvalue weighted by molar-refractivity contribution is 5.79. The maximum absolute atomic E-state index is 11.7. The molecule has 0 aromatic heterocycles. The van der Waals surface area contributed by atoms with Crippen molar-refractivity contribution in [2.24, 2.45) is 11.3 Å². The molecule has 0 bridgehead atoms. The molecule has 1 saturated heterocycles. The summed E-state index contributed by atoms with van der Waals surface area (Å²) in [5.41, 5.74) is -0.767. The molecule has 1 atom stereocenters. The zero-order valence-corrected chi connectivity index (χ0v) is 9.53. The Morgan fingerprint density at radius 2 is 2.19 bits per heavy atom. The van der Waals surface area contributed by atoms with Gasteiger partial charge in [0.2, 0.25) is 0 Å². The second kappa shape index (κ2) is 3.96. The summed E-state index contributed by atoms with van der Waals surface area (Å²) in [4.78, 5) is 24.3. The Hall–Kier alpha value is -1.26. The van der Waals surface area contributed by atoms with Crippen LogP contribution in [0, 0.1) is 11.3 Å². The fourth-order valence-electron chi connectivity index (χ4n) is 1.97. The van der Waals surface area contributed by atoms with Gasteiger partial charge in [0.25, 0.3) is 0 Å². The van der Waals surface area contributed by atoms with Crippen molar-refractivity contribution in [2.45, 2.75) is 26.2 Å². The van der Waals surface area contributed by atoms with Crippen molar-refractivity contribution in [1.82, 2.24) is 10.2 Å². The molecule has 0 spiro atoms. The molecule has 1 unspecified atom stereocenters. The van der Waals surface area contributed by atoms with E-state index in [1.54, 1.807) is 11.8 Å². The Kier molecular flexibility index (Phi) is 2.78. The third kappa shape index (κ3) is 2.28. The van der Waals surface area contributed by atoms with E-state index in [-0.39, 0.29) is 6.03 Å². The van der Waals surface area contributed by atoms with Crippen LogP contribution in [0.2, 0.25) is 0 Å². The summed E-state index contributed by atoms with van der Waals surface area (Å²) in [6.45, 7) is 3.29. The van der Waals surface area contributed by atoms with Gasteiger partial charge in [-0.1, -0.05) is 0 Å². The molecule has 1 aliphatic heterocycles. The largest absolute Gasteiger partial charge is 0.481 e. The van der Waals surface area contributed by atoms with E-state index in [4.69, 9.17) is 5.11 Å². The maximum atomic E-state index is 11.7. The molecule has 1 saturated carbocycles. The predicted octanol–water partition coefficient (Wildman–Crippen LogP) is 0.903. The Morgan fingerprint density at radius 1 is 1.50 bits per heavy atom. The van der Waals surface area contributed by atoms with Crippen LogP contribution in [0.25, 0.3) is 0 Å². The zero-order valence-electron chi connectivity index (χ0n) is 9.53. The number of rotatable bonds is 3. The fraction of sp³-hybridized carbons (Fsp3) is 0.818. The van der Waals surface area contributed by atoms with E-state index in [0.29, 0.717) is 25.4 Å². The summed E-state index contributed by atoms with van der Waals surface area (Å²) >= 11 is 0. The van der Waals surface area contributed by atoms with Crippen molar-refractivity contribution in [3.05, 3.63) is 0 Å². The van der Waals surface area contributed by atoms with Crippen LogP contribution >= 0.6 is 0 Å². The number of carboxylic acids is 1. The van der Waals surface area contributed by atoms with Gasteiger partial charge in [-0.15, -0.1) is 0 Å². The minimum absolute atomic E-state index is 0.114. The first-order valence-electron chi connectivity index (χ1n) is 5.77. The molecule has 2 rings (SSSR count). The van der Waals surface area contributed by atoms with E-state index >= 15 is 0 Å². The summed E-state index contributed by atoms with van der Waals surface area (Å²) in [5, 5.41) is 11.9. The van der Waals surface area contributed by atoms with E-state index in [1.165, 1.54) is 12.8 Å². The van der Waals surface area contributed by atoms with E-state index in [0.717, 1.165) is 6.54 Å². The third-order valence-corrected chi connectivity index (χ3v) is 3.52. The molecule has 0 aromatic carbocycles. The first-order valence-corrected chi connectivity index (χ1v) is 5.77. The highest BCUT2D eigenvalue weighted by Crippen LogP contribution is 2.30. The molecule has 5 nitrogen and oxygen atoms in total. The average Bonchev–Trinajstić information content (AvgIpc) is 2.97. The molecular formula is C11H18N2O3. The normalized spacial score (nSPS) is 29.2. The molecule has 1 aliphatic carbocycles. The number of carbonyl (C=O) groups is 2. The molecule has 2 N–H and O–H groups in total. The standard InChI is InChI=1S/C11H18N2O3/c1-11(9(14)15)4-5-13(7-11)10(16)12-6-8-2-3-8/h8H,2-7H2,1H3,(H,12,16)(H,14,15). The van der Waals surface area contributed by atoms with Crippen molar-refractivity contribution in [3.63, 3.8) is 0 Å². The van der Waals surface area contributed by atoms with Crippen LogP contribution in [0.15, 0.2) is 0 Å². The number of hydrogen-bond donors (Lipinski definition) is 2. The lowest BCUT2D eigenvalue weighted by Gasteiger charge is -2.20. The molecule has 2 fully saturated rings. The number of carboxylic acid groups (broad SMARTS) is 1. The second-order valence-electron chi connectivity index (χ2n) is 5.17. The van der Waals surface area contributed by atoms with Gasteiger partial charge in [0.1, 0.15) is 0 Å². The van der Waals surface area contributed by atoms with Crippen LogP contribution in [-0.2, 0) is 4.79 Å². The monoisotopic (exact) mass is 226 g/mol. The number of amides is 2. The first kappa shape index (κ1) is 11.2. The highest BCUT2D eigenvalue weighted by atomic mass is 16.4. The number of likely N-dealkylation sites (tertiary alicyclic amines) is 1.